The highest BCUT2D eigenvalue weighted by Crippen LogP contribution is 2.04. The Morgan fingerprint density at radius 2 is 2.08 bits per heavy atom. The number of hydrogen-bond donors (Lipinski definition) is 1. The Balaban J connectivity index is 0. The Morgan fingerprint density at radius 3 is 2.46 bits per heavy atom. The van der Waals surface area contributed by atoms with Crippen LogP contribution >= 0.6 is 36.4 Å². The number of carbonyl (C=O) groups excluding carboxylic acids is 1. The lowest BCUT2D eigenvalue weighted by Crippen LogP contribution is -2.13. The van der Waals surface area contributed by atoms with Crippen LogP contribution in [0.25, 0.3) is 0 Å². The van der Waals surface area contributed by atoms with Crippen LogP contribution < -0.4 is 5.73 Å². The zero-order chi connectivity index (χ0) is 8.27. The third-order valence-electron chi connectivity index (χ3n) is 1.23. The van der Waals surface area contributed by atoms with Gasteiger partial charge in [-0.1, -0.05) is 11.6 Å². The van der Waals surface area contributed by atoms with Gasteiger partial charge in [0.25, 0.3) is 0 Å². The summed E-state index contributed by atoms with van der Waals surface area (Å²) < 4.78 is 0. The van der Waals surface area contributed by atoms with Crippen LogP contribution in [0.5, 0.6) is 0 Å². The molecule has 0 unspecified atom stereocenters. The van der Waals surface area contributed by atoms with Crippen LogP contribution in [0, 0.1) is 0 Å². The van der Waals surface area contributed by atoms with E-state index in [9.17, 15) is 4.79 Å². The number of aromatic nitrogens is 1. The van der Waals surface area contributed by atoms with E-state index in [0.717, 1.165) is 0 Å². The van der Waals surface area contributed by atoms with Gasteiger partial charge in [0.2, 0.25) is 0 Å². The van der Waals surface area contributed by atoms with E-state index in [-0.39, 0.29) is 37.1 Å². The highest BCUT2D eigenvalue weighted by Gasteiger charge is 2.01. The van der Waals surface area contributed by atoms with Crippen molar-refractivity contribution in [1.82, 2.24) is 4.98 Å². The van der Waals surface area contributed by atoms with Gasteiger partial charge in [0.15, 0.2) is 5.78 Å². The summed E-state index contributed by atoms with van der Waals surface area (Å²) in [4.78, 5) is 14.7. The van der Waals surface area contributed by atoms with Gasteiger partial charge in [0.1, 0.15) is 5.15 Å². The zero-order valence-corrected chi connectivity index (χ0v) is 8.96. The summed E-state index contributed by atoms with van der Waals surface area (Å²) in [6.45, 7) is 0.00329. The molecule has 0 spiro atoms. The number of halogens is 3. The minimum absolute atomic E-state index is 0. The number of hydrogen-bond acceptors (Lipinski definition) is 3. The Bertz CT molecular complexity index is 263. The molecule has 6 heteroatoms. The minimum Gasteiger partial charge on any atom is -0.324 e. The number of Topliss-reactive ketones (excluding diaryl/α,β-unsaturated/α-hetero) is 1. The Kier molecular flexibility index (Phi) is 8.26. The van der Waals surface area contributed by atoms with Gasteiger partial charge in [-0.25, -0.2) is 4.98 Å². The third kappa shape index (κ3) is 4.43. The summed E-state index contributed by atoms with van der Waals surface area (Å²) in [5.41, 5.74) is 5.63. The van der Waals surface area contributed by atoms with Gasteiger partial charge in [-0.05, 0) is 12.1 Å². The molecule has 1 rings (SSSR count). The standard InChI is InChI=1S/C7H7ClN2O.2ClH/c8-7-2-1-5(4-10-7)6(11)3-9;;/h1-2,4H,3,9H2;2*1H. The van der Waals surface area contributed by atoms with Gasteiger partial charge >= 0.3 is 0 Å². The average molecular weight is 244 g/mol. The Morgan fingerprint density at radius 1 is 1.46 bits per heavy atom. The zero-order valence-electron chi connectivity index (χ0n) is 6.57. The van der Waals surface area contributed by atoms with E-state index < -0.39 is 0 Å². The van der Waals surface area contributed by atoms with Gasteiger partial charge in [0.05, 0.1) is 6.54 Å². The summed E-state index contributed by atoms with van der Waals surface area (Å²) in [6.07, 6.45) is 1.41. The average Bonchev–Trinajstić information content (AvgIpc) is 2.05. The summed E-state index contributed by atoms with van der Waals surface area (Å²) in [7, 11) is 0. The topological polar surface area (TPSA) is 56.0 Å². The largest absolute Gasteiger partial charge is 0.324 e. The number of ketones is 1. The summed E-state index contributed by atoms with van der Waals surface area (Å²) in [5.74, 6) is -0.130. The van der Waals surface area contributed by atoms with E-state index >= 15 is 0 Å². The fraction of sp³-hybridized carbons (Fsp3) is 0.143. The van der Waals surface area contributed by atoms with E-state index in [0.29, 0.717) is 10.7 Å². The van der Waals surface area contributed by atoms with Crippen LogP contribution in [0.1, 0.15) is 10.4 Å². The maximum atomic E-state index is 10.9. The molecular formula is C7H9Cl3N2O. The van der Waals surface area contributed by atoms with Gasteiger partial charge in [-0.15, -0.1) is 24.8 Å². The monoisotopic (exact) mass is 242 g/mol. The van der Waals surface area contributed by atoms with E-state index in [4.69, 9.17) is 17.3 Å². The van der Waals surface area contributed by atoms with E-state index in [1.807, 2.05) is 0 Å². The van der Waals surface area contributed by atoms with Crippen LogP contribution in [0.15, 0.2) is 18.3 Å². The van der Waals surface area contributed by atoms with Crippen molar-refractivity contribution in [2.24, 2.45) is 5.73 Å². The summed E-state index contributed by atoms with van der Waals surface area (Å²) in [6, 6.07) is 3.16. The lowest BCUT2D eigenvalue weighted by atomic mass is 10.2. The van der Waals surface area contributed by atoms with E-state index in [1.54, 1.807) is 12.1 Å². The van der Waals surface area contributed by atoms with Gasteiger partial charge in [0, 0.05) is 11.8 Å². The van der Waals surface area contributed by atoms with Crippen molar-refractivity contribution in [3.8, 4) is 0 Å². The summed E-state index contributed by atoms with van der Waals surface area (Å²) >= 11 is 5.51. The summed E-state index contributed by atoms with van der Waals surface area (Å²) in [5, 5.41) is 0.374. The van der Waals surface area contributed by atoms with Crippen molar-refractivity contribution in [2.45, 2.75) is 0 Å². The normalized spacial score (nSPS) is 8.15. The molecule has 13 heavy (non-hydrogen) atoms. The first-order chi connectivity index (χ1) is 5.24. The molecule has 3 nitrogen and oxygen atoms in total. The van der Waals surface area contributed by atoms with Gasteiger partial charge < -0.3 is 5.73 Å². The molecule has 0 aromatic carbocycles. The van der Waals surface area contributed by atoms with Crippen molar-refractivity contribution < 1.29 is 4.79 Å². The van der Waals surface area contributed by atoms with Crippen LogP contribution in [0.3, 0.4) is 0 Å². The van der Waals surface area contributed by atoms with Crippen molar-refractivity contribution in [2.75, 3.05) is 6.54 Å². The van der Waals surface area contributed by atoms with E-state index in [1.165, 1.54) is 6.20 Å². The molecule has 0 radical (unpaired) electrons. The molecule has 0 amide bonds. The first-order valence-electron chi connectivity index (χ1n) is 3.09. The molecule has 1 aromatic heterocycles. The number of nitrogens with zero attached hydrogens (tertiary/aromatic N) is 1. The number of carbonyl (C=O) groups is 1. The number of nitrogens with two attached hydrogens (primary N) is 1. The molecule has 1 aromatic rings. The molecule has 0 fully saturated rings. The van der Waals surface area contributed by atoms with Gasteiger partial charge in [-0.2, -0.15) is 0 Å². The highest BCUT2D eigenvalue weighted by molar-refractivity contribution is 6.29. The lowest BCUT2D eigenvalue weighted by Gasteiger charge is -1.95. The first-order valence-corrected chi connectivity index (χ1v) is 3.46. The fourth-order valence-electron chi connectivity index (χ4n) is 0.659. The third-order valence-corrected chi connectivity index (χ3v) is 1.46. The maximum absolute atomic E-state index is 10.9. The van der Waals surface area contributed by atoms with Gasteiger partial charge in [-0.3, -0.25) is 4.79 Å². The molecule has 0 aliphatic carbocycles. The molecule has 1 heterocycles. The Hall–Kier alpha value is -0.350. The predicted octanol–water partition coefficient (Wildman–Crippen LogP) is 1.72. The molecule has 0 atom stereocenters. The van der Waals surface area contributed by atoms with Crippen LogP contribution in [0.2, 0.25) is 5.15 Å². The Labute approximate surface area is 93.5 Å². The van der Waals surface area contributed by atoms with Crippen molar-refractivity contribution in [1.29, 1.82) is 0 Å². The molecule has 0 saturated heterocycles. The molecule has 0 aliphatic heterocycles. The maximum Gasteiger partial charge on any atom is 0.177 e. The number of pyridine rings is 1. The minimum atomic E-state index is -0.130. The molecule has 0 aliphatic rings. The second kappa shape index (κ2) is 7.09. The SMILES string of the molecule is Cl.Cl.NCC(=O)c1ccc(Cl)nc1. The molecule has 2 N–H and O–H groups in total. The van der Waals surface area contributed by atoms with Crippen molar-refractivity contribution in [3.05, 3.63) is 29.0 Å². The van der Waals surface area contributed by atoms with Crippen LogP contribution in [-0.2, 0) is 0 Å². The smallest absolute Gasteiger partial charge is 0.177 e. The second-order valence-corrected chi connectivity index (χ2v) is 2.38. The first kappa shape index (κ1) is 15.1. The predicted molar refractivity (Wildman–Crippen MR) is 57.1 cm³/mol. The second-order valence-electron chi connectivity index (χ2n) is 2.00. The fourth-order valence-corrected chi connectivity index (χ4v) is 0.770. The molecule has 74 valence electrons. The quantitative estimate of drug-likeness (QED) is 0.636. The number of rotatable bonds is 2. The highest BCUT2D eigenvalue weighted by atomic mass is 35.5. The molecular weight excluding hydrogens is 234 g/mol. The molecule has 0 saturated carbocycles. The van der Waals surface area contributed by atoms with Crippen molar-refractivity contribution >= 4 is 42.2 Å². The molecule has 0 bridgehead atoms. The lowest BCUT2D eigenvalue weighted by molar-refractivity contribution is 0.100. The van der Waals surface area contributed by atoms with E-state index in [2.05, 4.69) is 4.98 Å². The van der Waals surface area contributed by atoms with Crippen LogP contribution in [-0.4, -0.2) is 17.3 Å². The van der Waals surface area contributed by atoms with Crippen LogP contribution in [0.4, 0.5) is 0 Å². The van der Waals surface area contributed by atoms with Crippen molar-refractivity contribution in [3.63, 3.8) is 0 Å².